The van der Waals surface area contributed by atoms with Crippen LogP contribution >= 0.6 is 11.6 Å². The van der Waals surface area contributed by atoms with Crippen LogP contribution < -0.4 is 4.72 Å². The topological polar surface area (TPSA) is 80.3 Å². The molecule has 0 saturated heterocycles. The normalized spacial score (nSPS) is 17.8. The van der Waals surface area contributed by atoms with Crippen LogP contribution in [0.3, 0.4) is 0 Å². The summed E-state index contributed by atoms with van der Waals surface area (Å²) in [6.45, 7) is 13.1. The van der Waals surface area contributed by atoms with Gasteiger partial charge < -0.3 is 0 Å². The summed E-state index contributed by atoms with van der Waals surface area (Å²) in [6, 6.07) is 0. The van der Waals surface area contributed by atoms with E-state index in [4.69, 9.17) is 11.6 Å². The first-order valence-corrected chi connectivity index (χ1v) is 12.1. The molecule has 0 bridgehead atoms. The van der Waals surface area contributed by atoms with Gasteiger partial charge in [0.2, 0.25) is 10.0 Å². The smallest absolute Gasteiger partial charge is 0.217 e. The highest BCUT2D eigenvalue weighted by Gasteiger charge is 2.50. The Hall–Kier alpha value is 0.150. The van der Waals surface area contributed by atoms with Crippen LogP contribution in [-0.4, -0.2) is 44.5 Å². The Kier molecular flexibility index (Phi) is 8.28. The number of sulfonamides is 1. The SMILES string of the molecule is CC(C)(C)CS(=O)(=O)CCCCl.CC(C)(C)NS(=O)(=O)C1(C)CC1. The molecule has 146 valence electrons. The summed E-state index contributed by atoms with van der Waals surface area (Å²) in [4.78, 5) is 0. The molecule has 5 nitrogen and oxygen atoms in total. The van der Waals surface area contributed by atoms with Crippen molar-refractivity contribution >= 4 is 31.5 Å². The van der Waals surface area contributed by atoms with Crippen molar-refractivity contribution in [3.8, 4) is 0 Å². The van der Waals surface area contributed by atoms with Crippen LogP contribution in [0, 0.1) is 5.41 Å². The van der Waals surface area contributed by atoms with Crippen LogP contribution in [0.15, 0.2) is 0 Å². The Morgan fingerprint density at radius 3 is 1.75 bits per heavy atom. The van der Waals surface area contributed by atoms with Gasteiger partial charge in [0.15, 0.2) is 9.84 Å². The van der Waals surface area contributed by atoms with Gasteiger partial charge in [-0.15, -0.1) is 11.6 Å². The molecule has 0 aromatic carbocycles. The first-order chi connectivity index (χ1) is 10.4. The number of nitrogens with one attached hydrogen (secondary N) is 1. The molecule has 1 rings (SSSR count). The van der Waals surface area contributed by atoms with E-state index in [0.29, 0.717) is 12.3 Å². The Morgan fingerprint density at radius 2 is 1.46 bits per heavy atom. The molecule has 0 spiro atoms. The lowest BCUT2D eigenvalue weighted by Crippen LogP contribution is -2.45. The van der Waals surface area contributed by atoms with Gasteiger partial charge in [-0.2, -0.15) is 0 Å². The predicted molar refractivity (Wildman–Crippen MR) is 103 cm³/mol. The molecule has 0 aliphatic heterocycles. The average molecular weight is 404 g/mol. The second kappa shape index (κ2) is 8.23. The molecule has 1 N–H and O–H groups in total. The van der Waals surface area contributed by atoms with Gasteiger partial charge in [-0.3, -0.25) is 0 Å². The zero-order valence-electron chi connectivity index (χ0n) is 16.1. The highest BCUT2D eigenvalue weighted by atomic mass is 35.5. The third-order valence-corrected chi connectivity index (χ3v) is 8.36. The number of sulfone groups is 1. The van der Waals surface area contributed by atoms with Crippen molar-refractivity contribution < 1.29 is 16.8 Å². The molecule has 1 saturated carbocycles. The predicted octanol–water partition coefficient (Wildman–Crippen LogP) is 3.33. The molecule has 1 aliphatic rings. The van der Waals surface area contributed by atoms with Gasteiger partial charge >= 0.3 is 0 Å². The van der Waals surface area contributed by atoms with Gasteiger partial charge in [0.1, 0.15) is 0 Å². The molecule has 1 aliphatic carbocycles. The molecular weight excluding hydrogens is 370 g/mol. The van der Waals surface area contributed by atoms with Crippen LogP contribution in [0.2, 0.25) is 0 Å². The monoisotopic (exact) mass is 403 g/mol. The molecular formula is C16H34ClNO4S2. The molecule has 0 unspecified atom stereocenters. The molecule has 0 aromatic heterocycles. The van der Waals surface area contributed by atoms with Gasteiger partial charge in [0.05, 0.1) is 16.3 Å². The summed E-state index contributed by atoms with van der Waals surface area (Å²) < 4.78 is 48.1. The third kappa shape index (κ3) is 10.2. The lowest BCUT2D eigenvalue weighted by atomic mass is 10.0. The minimum atomic E-state index is -3.09. The van der Waals surface area contributed by atoms with E-state index in [1.807, 2.05) is 41.5 Å². The summed E-state index contributed by atoms with van der Waals surface area (Å²) in [6.07, 6.45) is 2.14. The number of halogens is 1. The lowest BCUT2D eigenvalue weighted by Gasteiger charge is -2.23. The maximum atomic E-state index is 11.6. The van der Waals surface area contributed by atoms with Crippen LogP contribution in [0.4, 0.5) is 0 Å². The Balaban J connectivity index is 0.000000441. The largest absolute Gasteiger partial charge is 0.229 e. The number of rotatable bonds is 6. The van der Waals surface area contributed by atoms with E-state index in [9.17, 15) is 16.8 Å². The van der Waals surface area contributed by atoms with Crippen molar-refractivity contribution in [3.05, 3.63) is 0 Å². The van der Waals surface area contributed by atoms with Gasteiger partial charge in [0.25, 0.3) is 0 Å². The first-order valence-electron chi connectivity index (χ1n) is 8.23. The zero-order valence-corrected chi connectivity index (χ0v) is 18.5. The molecule has 8 heteroatoms. The average Bonchev–Trinajstić information content (AvgIpc) is 3.01. The lowest BCUT2D eigenvalue weighted by molar-refractivity contribution is 0.461. The third-order valence-electron chi connectivity index (χ3n) is 3.29. The fourth-order valence-corrected chi connectivity index (χ4v) is 6.01. The molecule has 24 heavy (non-hydrogen) atoms. The standard InChI is InChI=1S/C8H17ClO2S.C8H17NO2S/c1-8(2,3)7-12(10,11)6-4-5-9;1-7(2,3)9-12(10,11)8(4)5-6-8/h4-7H2,1-3H3;9H,5-6H2,1-4H3. The minimum Gasteiger partial charge on any atom is -0.229 e. The highest BCUT2D eigenvalue weighted by Crippen LogP contribution is 2.42. The van der Waals surface area contributed by atoms with Crippen LogP contribution in [-0.2, 0) is 19.9 Å². The summed E-state index contributed by atoms with van der Waals surface area (Å²) in [7, 11) is -5.98. The van der Waals surface area contributed by atoms with Gasteiger partial charge in [-0.1, -0.05) is 20.8 Å². The van der Waals surface area contributed by atoms with Crippen LogP contribution in [0.25, 0.3) is 0 Å². The van der Waals surface area contributed by atoms with Crippen molar-refractivity contribution in [1.82, 2.24) is 4.72 Å². The van der Waals surface area contributed by atoms with Crippen molar-refractivity contribution in [2.75, 3.05) is 17.4 Å². The summed E-state index contributed by atoms with van der Waals surface area (Å²) >= 11 is 5.41. The molecule has 0 amide bonds. The molecule has 0 aromatic rings. The van der Waals surface area contributed by atoms with E-state index < -0.39 is 24.6 Å². The Morgan fingerprint density at radius 1 is 1.00 bits per heavy atom. The maximum Gasteiger partial charge on any atom is 0.217 e. The quantitative estimate of drug-likeness (QED) is 0.689. The van der Waals surface area contributed by atoms with Crippen molar-refractivity contribution in [1.29, 1.82) is 0 Å². The molecule has 0 heterocycles. The number of hydrogen-bond donors (Lipinski definition) is 1. The zero-order chi connectivity index (χ0) is 19.4. The maximum absolute atomic E-state index is 11.6. The van der Waals surface area contributed by atoms with Crippen molar-refractivity contribution in [2.24, 2.45) is 5.41 Å². The first kappa shape index (κ1) is 24.1. The Bertz CT molecular complexity index is 595. The van der Waals surface area contributed by atoms with E-state index in [-0.39, 0.29) is 22.5 Å². The fourth-order valence-electron chi connectivity index (χ4n) is 1.98. The van der Waals surface area contributed by atoms with Crippen LogP contribution in [0.5, 0.6) is 0 Å². The highest BCUT2D eigenvalue weighted by molar-refractivity contribution is 7.91. The van der Waals surface area contributed by atoms with E-state index in [1.54, 1.807) is 6.92 Å². The molecule has 0 radical (unpaired) electrons. The van der Waals surface area contributed by atoms with Gasteiger partial charge in [0, 0.05) is 11.4 Å². The van der Waals surface area contributed by atoms with E-state index in [1.165, 1.54) is 0 Å². The summed E-state index contributed by atoms with van der Waals surface area (Å²) in [5.41, 5.74) is -0.504. The minimum absolute atomic E-state index is 0.148. The molecule has 0 atom stereocenters. The Labute approximate surface area is 153 Å². The van der Waals surface area contributed by atoms with Crippen molar-refractivity contribution in [3.63, 3.8) is 0 Å². The van der Waals surface area contributed by atoms with Gasteiger partial charge in [-0.05, 0) is 52.4 Å². The number of alkyl halides is 1. The fraction of sp³-hybridized carbons (Fsp3) is 1.00. The van der Waals surface area contributed by atoms with E-state index in [0.717, 1.165) is 12.8 Å². The second-order valence-electron chi connectivity index (χ2n) is 9.00. The summed E-state index contributed by atoms with van der Waals surface area (Å²) in [5, 5.41) is 0. The number of hydrogen-bond acceptors (Lipinski definition) is 4. The van der Waals surface area contributed by atoms with E-state index in [2.05, 4.69) is 4.72 Å². The van der Waals surface area contributed by atoms with E-state index >= 15 is 0 Å². The second-order valence-corrected chi connectivity index (χ2v) is 13.8. The van der Waals surface area contributed by atoms with Crippen molar-refractivity contribution in [2.45, 2.75) is 78.0 Å². The van der Waals surface area contributed by atoms with Crippen LogP contribution in [0.1, 0.15) is 67.7 Å². The van der Waals surface area contributed by atoms with Gasteiger partial charge in [-0.25, -0.2) is 21.6 Å². The summed E-state index contributed by atoms with van der Waals surface area (Å²) in [5.74, 6) is 0.883. The molecule has 1 fully saturated rings.